The highest BCUT2D eigenvalue weighted by Crippen LogP contribution is 2.43. The molecular formula is C29H30N2O4. The summed E-state index contributed by atoms with van der Waals surface area (Å²) in [6, 6.07) is 15.6. The second kappa shape index (κ2) is 9.37. The average Bonchev–Trinajstić information content (AvgIpc) is 3.13. The highest BCUT2D eigenvalue weighted by Gasteiger charge is 2.47. The molecule has 1 N–H and O–H groups in total. The van der Waals surface area contributed by atoms with E-state index in [1.165, 1.54) is 4.90 Å². The number of aromatic nitrogens is 1. The molecule has 6 heteroatoms. The minimum Gasteiger partial charge on any atom is -0.507 e. The zero-order valence-corrected chi connectivity index (χ0v) is 20.7. The van der Waals surface area contributed by atoms with Crippen LogP contribution in [0.25, 0.3) is 5.76 Å². The highest BCUT2D eigenvalue weighted by molar-refractivity contribution is 6.51. The monoisotopic (exact) mass is 470 g/mol. The number of carbonyl (C=O) groups excluding carboxylic acids is 2. The quantitative estimate of drug-likeness (QED) is 0.299. The molecule has 1 atom stereocenters. The van der Waals surface area contributed by atoms with Gasteiger partial charge >= 0.3 is 0 Å². The van der Waals surface area contributed by atoms with Crippen LogP contribution in [0.2, 0.25) is 0 Å². The molecule has 2 heterocycles. The van der Waals surface area contributed by atoms with Crippen molar-refractivity contribution in [2.45, 2.75) is 45.6 Å². The van der Waals surface area contributed by atoms with Crippen molar-refractivity contribution in [3.05, 3.63) is 94.8 Å². The molecule has 1 fully saturated rings. The Balaban J connectivity index is 1.92. The number of pyridine rings is 1. The molecule has 0 radical (unpaired) electrons. The van der Waals surface area contributed by atoms with Crippen LogP contribution in [0, 0.1) is 0 Å². The van der Waals surface area contributed by atoms with Gasteiger partial charge in [-0.2, -0.15) is 0 Å². The van der Waals surface area contributed by atoms with E-state index >= 15 is 0 Å². The highest BCUT2D eigenvalue weighted by atomic mass is 16.5. The maximum absolute atomic E-state index is 13.4. The van der Waals surface area contributed by atoms with Crippen LogP contribution in [0.4, 0.5) is 5.69 Å². The topological polar surface area (TPSA) is 79.7 Å². The van der Waals surface area contributed by atoms with Gasteiger partial charge in [0.1, 0.15) is 11.5 Å². The largest absolute Gasteiger partial charge is 0.507 e. The van der Waals surface area contributed by atoms with Gasteiger partial charge in [-0.15, -0.1) is 0 Å². The van der Waals surface area contributed by atoms with Gasteiger partial charge in [0.15, 0.2) is 0 Å². The summed E-state index contributed by atoms with van der Waals surface area (Å²) in [5.74, 6) is -0.929. The molecule has 0 spiro atoms. The van der Waals surface area contributed by atoms with Crippen LogP contribution in [-0.4, -0.2) is 28.9 Å². The molecule has 0 bridgehead atoms. The molecule has 1 saturated heterocycles. The van der Waals surface area contributed by atoms with E-state index in [1.54, 1.807) is 43.8 Å². The maximum atomic E-state index is 13.4. The first kappa shape index (κ1) is 24.2. The van der Waals surface area contributed by atoms with E-state index in [1.807, 2.05) is 51.1 Å². The number of hydrogen-bond acceptors (Lipinski definition) is 5. The number of ketones is 1. The van der Waals surface area contributed by atoms with Crippen LogP contribution in [-0.2, 0) is 21.4 Å². The molecule has 1 unspecified atom stereocenters. The average molecular weight is 471 g/mol. The Morgan fingerprint density at radius 2 is 1.69 bits per heavy atom. The van der Waals surface area contributed by atoms with E-state index in [0.29, 0.717) is 22.6 Å². The predicted molar refractivity (Wildman–Crippen MR) is 137 cm³/mol. The molecule has 1 amide bonds. The van der Waals surface area contributed by atoms with Crippen molar-refractivity contribution < 1.29 is 19.4 Å². The zero-order valence-electron chi connectivity index (χ0n) is 20.7. The zero-order chi connectivity index (χ0) is 25.3. The SMILES string of the molecule is CCc1ccc(N2C(=O)C(=O)/C(=C(\O)c3ccc(OC)c(C(C)(C)C)c3)C2c2ccncc2)cc1. The number of Topliss-reactive ketones (excluding diaryl/α,β-unsaturated/α-hetero) is 1. The van der Waals surface area contributed by atoms with E-state index in [9.17, 15) is 14.7 Å². The first-order valence-electron chi connectivity index (χ1n) is 11.7. The number of amides is 1. The van der Waals surface area contributed by atoms with Crippen molar-refractivity contribution in [3.63, 3.8) is 0 Å². The Bertz CT molecular complexity index is 1290. The smallest absolute Gasteiger partial charge is 0.300 e. The van der Waals surface area contributed by atoms with Gasteiger partial charge in [0, 0.05) is 29.2 Å². The lowest BCUT2D eigenvalue weighted by atomic mass is 9.84. The number of methoxy groups -OCH3 is 1. The molecule has 2 aromatic carbocycles. The lowest BCUT2D eigenvalue weighted by Gasteiger charge is -2.26. The summed E-state index contributed by atoms with van der Waals surface area (Å²) in [5.41, 5.74) is 3.52. The fourth-order valence-corrected chi connectivity index (χ4v) is 4.45. The van der Waals surface area contributed by atoms with Crippen LogP contribution < -0.4 is 9.64 Å². The molecular weight excluding hydrogens is 440 g/mol. The van der Waals surface area contributed by atoms with Gasteiger partial charge in [-0.05, 0) is 65.4 Å². The molecule has 6 nitrogen and oxygen atoms in total. The van der Waals surface area contributed by atoms with Crippen LogP contribution in [0.1, 0.15) is 56.0 Å². The first-order chi connectivity index (χ1) is 16.7. The summed E-state index contributed by atoms with van der Waals surface area (Å²) >= 11 is 0. The number of anilines is 1. The van der Waals surface area contributed by atoms with Crippen LogP contribution >= 0.6 is 0 Å². The Labute approximate surface area is 205 Å². The number of ether oxygens (including phenoxy) is 1. The van der Waals surface area contributed by atoms with Crippen molar-refractivity contribution in [2.75, 3.05) is 12.0 Å². The molecule has 3 aromatic rings. The van der Waals surface area contributed by atoms with Gasteiger partial charge in [-0.1, -0.05) is 39.8 Å². The first-order valence-corrected chi connectivity index (χ1v) is 11.7. The Morgan fingerprint density at radius 1 is 1.03 bits per heavy atom. The van der Waals surface area contributed by atoms with Gasteiger partial charge in [0.2, 0.25) is 0 Å². The van der Waals surface area contributed by atoms with E-state index in [-0.39, 0.29) is 16.7 Å². The van der Waals surface area contributed by atoms with Crippen LogP contribution in [0.5, 0.6) is 5.75 Å². The van der Waals surface area contributed by atoms with E-state index in [4.69, 9.17) is 4.74 Å². The fraction of sp³-hybridized carbons (Fsp3) is 0.276. The third kappa shape index (κ3) is 4.44. The summed E-state index contributed by atoms with van der Waals surface area (Å²) < 4.78 is 5.52. The van der Waals surface area contributed by atoms with Gasteiger partial charge in [0.05, 0.1) is 18.7 Å². The van der Waals surface area contributed by atoms with E-state index < -0.39 is 17.7 Å². The predicted octanol–water partition coefficient (Wildman–Crippen LogP) is 5.58. The summed E-state index contributed by atoms with van der Waals surface area (Å²) in [6.07, 6.45) is 4.09. The number of aryl methyl sites for hydroxylation is 1. The van der Waals surface area contributed by atoms with Gasteiger partial charge in [0.25, 0.3) is 11.7 Å². The normalized spacial score (nSPS) is 17.6. The number of nitrogens with zero attached hydrogens (tertiary/aromatic N) is 2. The molecule has 180 valence electrons. The van der Waals surface area contributed by atoms with Crippen molar-refractivity contribution >= 4 is 23.1 Å². The number of aliphatic hydroxyl groups excluding tert-OH is 1. The van der Waals surface area contributed by atoms with Crippen LogP contribution in [0.15, 0.2) is 72.6 Å². The summed E-state index contributed by atoms with van der Waals surface area (Å²) in [5, 5.41) is 11.5. The molecule has 35 heavy (non-hydrogen) atoms. The summed E-state index contributed by atoms with van der Waals surface area (Å²) in [6.45, 7) is 8.19. The third-order valence-corrected chi connectivity index (χ3v) is 6.37. The number of aliphatic hydroxyl groups is 1. The van der Waals surface area contributed by atoms with Crippen LogP contribution in [0.3, 0.4) is 0 Å². The molecule has 4 rings (SSSR count). The number of carbonyl (C=O) groups is 2. The summed E-state index contributed by atoms with van der Waals surface area (Å²) in [4.78, 5) is 32.2. The standard InChI is InChI=1S/C29H30N2O4/c1-6-18-7-10-21(11-8-18)31-25(19-13-15-30-16-14-19)24(27(33)28(31)34)26(32)20-9-12-23(35-5)22(17-20)29(2,3)4/h7-17,25,32H,6H2,1-5H3/b26-24-. The number of benzene rings is 2. The Kier molecular flexibility index (Phi) is 6.48. The van der Waals surface area contributed by atoms with E-state index in [2.05, 4.69) is 11.9 Å². The lowest BCUT2D eigenvalue weighted by molar-refractivity contribution is -0.132. The fourth-order valence-electron chi connectivity index (χ4n) is 4.45. The molecule has 1 aliphatic heterocycles. The van der Waals surface area contributed by atoms with E-state index in [0.717, 1.165) is 17.5 Å². The Morgan fingerprint density at radius 3 is 2.26 bits per heavy atom. The van der Waals surface area contributed by atoms with Gasteiger partial charge in [-0.25, -0.2) is 0 Å². The van der Waals surface area contributed by atoms with Gasteiger partial charge < -0.3 is 9.84 Å². The molecule has 0 aliphatic carbocycles. The molecule has 1 aliphatic rings. The summed E-state index contributed by atoms with van der Waals surface area (Å²) in [7, 11) is 1.60. The second-order valence-electron chi connectivity index (χ2n) is 9.63. The number of hydrogen-bond donors (Lipinski definition) is 1. The van der Waals surface area contributed by atoms with Crippen molar-refractivity contribution in [3.8, 4) is 5.75 Å². The molecule has 0 saturated carbocycles. The van der Waals surface area contributed by atoms with Gasteiger partial charge in [-0.3, -0.25) is 19.5 Å². The third-order valence-electron chi connectivity index (χ3n) is 6.37. The molecule has 1 aromatic heterocycles. The van der Waals surface area contributed by atoms with Crippen molar-refractivity contribution in [1.29, 1.82) is 0 Å². The van der Waals surface area contributed by atoms with Crippen molar-refractivity contribution in [2.24, 2.45) is 0 Å². The lowest BCUT2D eigenvalue weighted by Crippen LogP contribution is -2.29. The number of rotatable bonds is 5. The second-order valence-corrected chi connectivity index (χ2v) is 9.63. The maximum Gasteiger partial charge on any atom is 0.300 e. The minimum absolute atomic E-state index is 0.0470. The Hall–Kier alpha value is -3.93. The van der Waals surface area contributed by atoms with Crippen molar-refractivity contribution in [1.82, 2.24) is 4.98 Å². The minimum atomic E-state index is -0.786.